The van der Waals surface area contributed by atoms with Gasteiger partial charge in [-0.2, -0.15) is 4.73 Å². The van der Waals surface area contributed by atoms with E-state index in [0.717, 1.165) is 10.3 Å². The minimum Gasteiger partial charge on any atom is -0.618 e. The predicted molar refractivity (Wildman–Crippen MR) is 92.4 cm³/mol. The largest absolute Gasteiger partial charge is 0.618 e. The summed E-state index contributed by atoms with van der Waals surface area (Å²) in [4.78, 5) is 12.1. The van der Waals surface area contributed by atoms with E-state index in [0.29, 0.717) is 15.8 Å². The zero-order valence-electron chi connectivity index (χ0n) is 12.9. The molecule has 0 aliphatic rings. The van der Waals surface area contributed by atoms with Crippen molar-refractivity contribution in [2.45, 2.75) is 17.3 Å². The topological polar surface area (TPSA) is 81.8 Å². The summed E-state index contributed by atoms with van der Waals surface area (Å²) >= 11 is 2.51. The van der Waals surface area contributed by atoms with E-state index in [2.05, 4.69) is 15.5 Å². The molecule has 25 heavy (non-hydrogen) atoms. The highest BCUT2D eigenvalue weighted by Gasteiger charge is 2.14. The lowest BCUT2D eigenvalue weighted by molar-refractivity contribution is -0.645. The molecule has 0 spiro atoms. The lowest BCUT2D eigenvalue weighted by atomic mass is 10.2. The van der Waals surface area contributed by atoms with Gasteiger partial charge in [0.05, 0.1) is 5.75 Å². The average Bonchev–Trinajstić information content (AvgIpc) is 3.09. The first-order valence-electron chi connectivity index (χ1n) is 7.28. The van der Waals surface area contributed by atoms with Gasteiger partial charge in [-0.25, -0.2) is 4.39 Å². The Labute approximate surface area is 151 Å². The van der Waals surface area contributed by atoms with Gasteiger partial charge in [0.2, 0.25) is 5.01 Å². The summed E-state index contributed by atoms with van der Waals surface area (Å²) in [6.45, 7) is 0.281. The van der Waals surface area contributed by atoms with E-state index in [4.69, 9.17) is 0 Å². The van der Waals surface area contributed by atoms with Gasteiger partial charge < -0.3 is 10.5 Å². The quantitative estimate of drug-likeness (QED) is 0.406. The Morgan fingerprint density at radius 3 is 2.80 bits per heavy atom. The number of thioether (sulfide) groups is 1. The Hall–Kier alpha value is -2.52. The van der Waals surface area contributed by atoms with Gasteiger partial charge in [0.25, 0.3) is 10.9 Å². The van der Waals surface area contributed by atoms with Crippen LogP contribution in [0.25, 0.3) is 0 Å². The van der Waals surface area contributed by atoms with Crippen LogP contribution in [0.1, 0.15) is 20.4 Å². The first-order chi connectivity index (χ1) is 12.1. The van der Waals surface area contributed by atoms with Gasteiger partial charge in [-0.3, -0.25) is 4.79 Å². The van der Waals surface area contributed by atoms with Crippen molar-refractivity contribution >= 4 is 29.0 Å². The van der Waals surface area contributed by atoms with Crippen molar-refractivity contribution < 1.29 is 13.9 Å². The molecule has 2 aromatic heterocycles. The maximum atomic E-state index is 12.8. The van der Waals surface area contributed by atoms with E-state index in [1.54, 1.807) is 30.3 Å². The second-order valence-corrected chi connectivity index (χ2v) is 7.02. The molecular formula is C16H13FN4O2S2. The fourth-order valence-electron chi connectivity index (χ4n) is 1.92. The zero-order valence-corrected chi connectivity index (χ0v) is 14.5. The van der Waals surface area contributed by atoms with E-state index in [-0.39, 0.29) is 23.3 Å². The molecule has 128 valence electrons. The third-order valence-electron chi connectivity index (χ3n) is 3.16. The molecule has 0 atom stereocenters. The Morgan fingerprint density at radius 1 is 1.24 bits per heavy atom. The molecule has 9 heteroatoms. The molecule has 2 heterocycles. The van der Waals surface area contributed by atoms with Crippen molar-refractivity contribution in [1.82, 2.24) is 15.5 Å². The highest BCUT2D eigenvalue weighted by Crippen LogP contribution is 2.21. The maximum absolute atomic E-state index is 12.8. The molecule has 1 amide bonds. The summed E-state index contributed by atoms with van der Waals surface area (Å²) in [6.07, 6.45) is 1.43. The lowest BCUT2D eigenvalue weighted by Gasteiger charge is -2.02. The summed E-state index contributed by atoms with van der Waals surface area (Å²) in [7, 11) is 0. The number of carbonyl (C=O) groups is 1. The van der Waals surface area contributed by atoms with Gasteiger partial charge in [0.1, 0.15) is 10.8 Å². The molecule has 0 saturated carbocycles. The van der Waals surface area contributed by atoms with Crippen LogP contribution in [0.15, 0.2) is 53.7 Å². The third-order valence-corrected chi connectivity index (χ3v) is 5.29. The maximum Gasteiger partial charge on any atom is 0.282 e. The number of rotatable bonds is 6. The molecule has 6 nitrogen and oxygen atoms in total. The number of pyridine rings is 1. The number of amides is 1. The summed E-state index contributed by atoms with van der Waals surface area (Å²) in [5.41, 5.74) is 0.791. The fourth-order valence-corrected chi connectivity index (χ4v) is 3.58. The van der Waals surface area contributed by atoms with Crippen LogP contribution in [0.2, 0.25) is 0 Å². The molecule has 3 aromatic rings. The number of nitrogens with one attached hydrogen (secondary N) is 1. The van der Waals surface area contributed by atoms with Crippen molar-refractivity contribution in [1.29, 1.82) is 0 Å². The summed E-state index contributed by atoms with van der Waals surface area (Å²) < 4.78 is 13.6. The molecule has 0 aliphatic carbocycles. The van der Waals surface area contributed by atoms with E-state index < -0.39 is 0 Å². The Kier molecular flexibility index (Phi) is 5.56. The smallest absolute Gasteiger partial charge is 0.282 e. The van der Waals surface area contributed by atoms with Crippen LogP contribution in [0.4, 0.5) is 4.39 Å². The molecule has 0 fully saturated rings. The number of carbonyl (C=O) groups excluding carboxylic acids is 1. The molecular weight excluding hydrogens is 363 g/mol. The number of aromatic nitrogens is 3. The number of benzene rings is 1. The monoisotopic (exact) mass is 376 g/mol. The van der Waals surface area contributed by atoms with E-state index in [9.17, 15) is 14.4 Å². The zero-order chi connectivity index (χ0) is 17.6. The second-order valence-electron chi connectivity index (χ2n) is 4.96. The number of hydrogen-bond donors (Lipinski definition) is 1. The van der Waals surface area contributed by atoms with Crippen LogP contribution in [0.3, 0.4) is 0 Å². The second kappa shape index (κ2) is 8.04. The van der Waals surface area contributed by atoms with E-state index >= 15 is 0 Å². The van der Waals surface area contributed by atoms with Gasteiger partial charge in [0, 0.05) is 18.7 Å². The van der Waals surface area contributed by atoms with Crippen molar-refractivity contribution in [2.24, 2.45) is 0 Å². The van der Waals surface area contributed by atoms with Crippen molar-refractivity contribution in [3.63, 3.8) is 0 Å². The van der Waals surface area contributed by atoms with Crippen LogP contribution in [-0.4, -0.2) is 16.1 Å². The molecule has 0 aliphatic heterocycles. The number of nitrogens with zero attached hydrogens (tertiary/aromatic N) is 3. The van der Waals surface area contributed by atoms with Crippen LogP contribution >= 0.6 is 23.1 Å². The summed E-state index contributed by atoms with van der Waals surface area (Å²) in [6, 6.07) is 11.1. The Balaban J connectivity index is 1.54. The van der Waals surface area contributed by atoms with Crippen LogP contribution in [-0.2, 0) is 12.3 Å². The Morgan fingerprint density at radius 2 is 2.04 bits per heavy atom. The highest BCUT2D eigenvalue weighted by atomic mass is 32.2. The molecule has 0 unspecified atom stereocenters. The molecule has 3 rings (SSSR count). The van der Waals surface area contributed by atoms with Gasteiger partial charge >= 0.3 is 0 Å². The van der Waals surface area contributed by atoms with Crippen molar-refractivity contribution in [3.05, 3.63) is 75.3 Å². The van der Waals surface area contributed by atoms with Gasteiger partial charge in [-0.15, -0.1) is 10.2 Å². The normalized spacial score (nSPS) is 10.6. The van der Waals surface area contributed by atoms with Gasteiger partial charge in [-0.1, -0.05) is 23.5 Å². The van der Waals surface area contributed by atoms with Crippen molar-refractivity contribution in [3.8, 4) is 0 Å². The summed E-state index contributed by atoms with van der Waals surface area (Å²) in [5, 5.41) is 23.6. The van der Waals surface area contributed by atoms with E-state index in [1.165, 1.54) is 41.4 Å². The lowest BCUT2D eigenvalue weighted by Crippen LogP contribution is -2.27. The van der Waals surface area contributed by atoms with Crippen molar-refractivity contribution in [2.75, 3.05) is 0 Å². The minimum atomic E-state index is -0.336. The number of hydrogen-bond acceptors (Lipinski definition) is 6. The minimum absolute atomic E-state index is 0.251. The first-order valence-corrected chi connectivity index (χ1v) is 9.08. The Bertz CT molecular complexity index is 871. The summed E-state index contributed by atoms with van der Waals surface area (Å²) in [5.74, 6) is -0.203. The molecule has 0 radical (unpaired) electrons. The van der Waals surface area contributed by atoms with Gasteiger partial charge in [0.15, 0.2) is 6.20 Å². The van der Waals surface area contributed by atoms with Crippen LogP contribution < -0.4 is 10.0 Å². The predicted octanol–water partition coefficient (Wildman–Crippen LogP) is 2.53. The molecule has 0 bridgehead atoms. The molecule has 1 aromatic carbocycles. The highest BCUT2D eigenvalue weighted by molar-refractivity contribution is 7.98. The SMILES string of the molecule is O=C(NCc1ccc(F)cc1)c1nnc(CSc2cccc[n+]2[O-])s1. The van der Waals surface area contributed by atoms with E-state index in [1.807, 2.05) is 0 Å². The van der Waals surface area contributed by atoms with Gasteiger partial charge in [-0.05, 0) is 35.5 Å². The average molecular weight is 376 g/mol. The molecule has 0 saturated heterocycles. The third kappa shape index (κ3) is 4.74. The van der Waals surface area contributed by atoms with Crippen LogP contribution in [0, 0.1) is 11.0 Å². The molecule has 1 N–H and O–H groups in total. The number of halogens is 1. The standard InChI is InChI=1S/C16H13FN4O2S2/c17-12-6-4-11(5-7-12)9-18-15(22)16-20-19-13(25-16)10-24-14-3-1-2-8-21(14)23/h1-8H,9-10H2,(H,18,22). The van der Waals surface area contributed by atoms with Crippen LogP contribution in [0.5, 0.6) is 0 Å². The fraction of sp³-hybridized carbons (Fsp3) is 0.125. The first kappa shape index (κ1) is 17.3.